The SMILES string of the molecule is Cc1ccc(COc2ccccc2C(F)(F)F)c(C(=O)O)c1. The van der Waals surface area contributed by atoms with Gasteiger partial charge in [0.15, 0.2) is 0 Å². The molecule has 0 fully saturated rings. The van der Waals surface area contributed by atoms with Gasteiger partial charge in [-0.15, -0.1) is 0 Å². The van der Waals surface area contributed by atoms with Crippen LogP contribution in [-0.4, -0.2) is 11.1 Å². The Labute approximate surface area is 125 Å². The number of carbonyl (C=O) groups is 1. The van der Waals surface area contributed by atoms with Crippen LogP contribution in [0.5, 0.6) is 5.75 Å². The van der Waals surface area contributed by atoms with Crippen LogP contribution in [0.25, 0.3) is 0 Å². The van der Waals surface area contributed by atoms with E-state index in [1.807, 2.05) is 0 Å². The lowest BCUT2D eigenvalue weighted by atomic mass is 10.1. The van der Waals surface area contributed by atoms with E-state index in [0.29, 0.717) is 5.56 Å². The molecule has 2 rings (SSSR count). The van der Waals surface area contributed by atoms with Crippen LogP contribution in [0.3, 0.4) is 0 Å². The van der Waals surface area contributed by atoms with Gasteiger partial charge in [-0.05, 0) is 25.1 Å². The van der Waals surface area contributed by atoms with Gasteiger partial charge in [-0.2, -0.15) is 13.2 Å². The number of hydrogen-bond donors (Lipinski definition) is 1. The molecular weight excluding hydrogens is 297 g/mol. The van der Waals surface area contributed by atoms with E-state index in [2.05, 4.69) is 0 Å². The van der Waals surface area contributed by atoms with Gasteiger partial charge in [-0.1, -0.05) is 29.8 Å². The highest BCUT2D eigenvalue weighted by Crippen LogP contribution is 2.36. The third-order valence-corrected chi connectivity index (χ3v) is 3.07. The summed E-state index contributed by atoms with van der Waals surface area (Å²) in [5.74, 6) is -1.47. The van der Waals surface area contributed by atoms with Crippen LogP contribution >= 0.6 is 0 Å². The third-order valence-electron chi connectivity index (χ3n) is 3.07. The van der Waals surface area contributed by atoms with Gasteiger partial charge >= 0.3 is 12.1 Å². The van der Waals surface area contributed by atoms with Crippen molar-refractivity contribution in [3.8, 4) is 5.75 Å². The van der Waals surface area contributed by atoms with E-state index in [9.17, 15) is 18.0 Å². The van der Waals surface area contributed by atoms with E-state index in [1.165, 1.54) is 30.3 Å². The minimum absolute atomic E-state index is 0.0180. The fraction of sp³-hybridized carbons (Fsp3) is 0.188. The highest BCUT2D eigenvalue weighted by atomic mass is 19.4. The van der Waals surface area contributed by atoms with Crippen LogP contribution in [0.1, 0.15) is 27.0 Å². The largest absolute Gasteiger partial charge is 0.488 e. The van der Waals surface area contributed by atoms with E-state index < -0.39 is 17.7 Å². The van der Waals surface area contributed by atoms with E-state index >= 15 is 0 Å². The van der Waals surface area contributed by atoms with Crippen molar-refractivity contribution in [3.63, 3.8) is 0 Å². The molecule has 0 atom stereocenters. The summed E-state index contributed by atoms with van der Waals surface area (Å²) in [7, 11) is 0. The van der Waals surface area contributed by atoms with Gasteiger partial charge in [0.1, 0.15) is 12.4 Å². The van der Waals surface area contributed by atoms with Crippen molar-refractivity contribution in [2.75, 3.05) is 0 Å². The molecule has 0 spiro atoms. The second-order valence-corrected chi connectivity index (χ2v) is 4.75. The molecule has 1 N–H and O–H groups in total. The molecule has 0 aliphatic rings. The molecule has 0 amide bonds. The highest BCUT2D eigenvalue weighted by Gasteiger charge is 2.34. The fourth-order valence-electron chi connectivity index (χ4n) is 2.00. The van der Waals surface area contributed by atoms with Crippen LogP contribution < -0.4 is 4.74 Å². The number of carboxylic acids is 1. The molecule has 0 heterocycles. The Bertz CT molecular complexity index is 693. The number of alkyl halides is 3. The zero-order valence-electron chi connectivity index (χ0n) is 11.6. The summed E-state index contributed by atoms with van der Waals surface area (Å²) in [6, 6.07) is 9.49. The van der Waals surface area contributed by atoms with Gasteiger partial charge in [0.2, 0.25) is 0 Å². The maximum absolute atomic E-state index is 12.9. The Morgan fingerprint density at radius 2 is 1.86 bits per heavy atom. The summed E-state index contributed by atoms with van der Waals surface area (Å²) < 4.78 is 43.8. The van der Waals surface area contributed by atoms with Gasteiger partial charge in [0.25, 0.3) is 0 Å². The van der Waals surface area contributed by atoms with Crippen LogP contribution in [0, 0.1) is 6.92 Å². The maximum Gasteiger partial charge on any atom is 0.419 e. The van der Waals surface area contributed by atoms with Crippen molar-refractivity contribution in [1.29, 1.82) is 0 Å². The smallest absolute Gasteiger partial charge is 0.419 e. The lowest BCUT2D eigenvalue weighted by Gasteiger charge is -2.14. The Hall–Kier alpha value is -2.50. The first kappa shape index (κ1) is 15.9. The van der Waals surface area contributed by atoms with Crippen molar-refractivity contribution < 1.29 is 27.8 Å². The van der Waals surface area contributed by atoms with Gasteiger partial charge in [-0.25, -0.2) is 4.79 Å². The Balaban J connectivity index is 2.27. The molecule has 0 saturated heterocycles. The summed E-state index contributed by atoms with van der Waals surface area (Å²) in [5, 5.41) is 9.14. The van der Waals surface area contributed by atoms with Crippen LogP contribution in [0.15, 0.2) is 42.5 Å². The Morgan fingerprint density at radius 1 is 1.18 bits per heavy atom. The average molecular weight is 310 g/mol. The molecule has 0 radical (unpaired) electrons. The zero-order valence-corrected chi connectivity index (χ0v) is 11.6. The van der Waals surface area contributed by atoms with Gasteiger partial charge < -0.3 is 9.84 Å². The van der Waals surface area contributed by atoms with E-state index in [-0.39, 0.29) is 17.9 Å². The molecule has 0 aliphatic heterocycles. The molecule has 0 aliphatic carbocycles. The summed E-state index contributed by atoms with van der Waals surface area (Å²) in [4.78, 5) is 11.2. The molecule has 0 aromatic heterocycles. The normalized spacial score (nSPS) is 11.3. The number of rotatable bonds is 4. The predicted molar refractivity (Wildman–Crippen MR) is 73.9 cm³/mol. The molecule has 22 heavy (non-hydrogen) atoms. The maximum atomic E-state index is 12.9. The third kappa shape index (κ3) is 3.58. The minimum Gasteiger partial charge on any atom is -0.488 e. The number of hydrogen-bond acceptors (Lipinski definition) is 2. The number of aromatic carboxylic acids is 1. The molecule has 2 aromatic rings. The second kappa shape index (κ2) is 6.09. The van der Waals surface area contributed by atoms with Crippen molar-refractivity contribution >= 4 is 5.97 Å². The number of ether oxygens (including phenoxy) is 1. The first-order valence-corrected chi connectivity index (χ1v) is 6.41. The lowest BCUT2D eigenvalue weighted by Crippen LogP contribution is -2.10. The van der Waals surface area contributed by atoms with Crippen molar-refractivity contribution in [1.82, 2.24) is 0 Å². The van der Waals surface area contributed by atoms with E-state index in [1.54, 1.807) is 13.0 Å². The molecule has 116 valence electrons. The predicted octanol–water partition coefficient (Wildman–Crippen LogP) is 4.29. The number of para-hydroxylation sites is 1. The minimum atomic E-state index is -4.53. The van der Waals surface area contributed by atoms with E-state index in [0.717, 1.165) is 11.6 Å². The Kier molecular flexibility index (Phi) is 4.40. The second-order valence-electron chi connectivity index (χ2n) is 4.75. The summed E-state index contributed by atoms with van der Waals surface area (Å²) in [5.41, 5.74) is 0.190. The summed E-state index contributed by atoms with van der Waals surface area (Å²) in [6.07, 6.45) is -4.53. The van der Waals surface area contributed by atoms with E-state index in [4.69, 9.17) is 9.84 Å². The fourth-order valence-corrected chi connectivity index (χ4v) is 2.00. The lowest BCUT2D eigenvalue weighted by molar-refractivity contribution is -0.139. The van der Waals surface area contributed by atoms with Crippen molar-refractivity contribution in [3.05, 3.63) is 64.7 Å². The molecule has 3 nitrogen and oxygen atoms in total. The van der Waals surface area contributed by atoms with Crippen LogP contribution in [0.4, 0.5) is 13.2 Å². The zero-order chi connectivity index (χ0) is 16.3. The van der Waals surface area contributed by atoms with Gasteiger partial charge in [0, 0.05) is 5.56 Å². The number of aryl methyl sites for hydroxylation is 1. The number of carboxylic acid groups (broad SMARTS) is 1. The molecule has 0 saturated carbocycles. The molecular formula is C16H13F3O3. The van der Waals surface area contributed by atoms with Crippen LogP contribution in [-0.2, 0) is 12.8 Å². The standard InChI is InChI=1S/C16H13F3O3/c1-10-6-7-11(12(8-10)15(20)21)9-22-14-5-3-2-4-13(14)16(17,18)19/h2-8H,9H2,1H3,(H,20,21). The van der Waals surface area contributed by atoms with Crippen LogP contribution in [0.2, 0.25) is 0 Å². The first-order valence-electron chi connectivity index (χ1n) is 6.41. The summed E-state index contributed by atoms with van der Waals surface area (Å²) in [6.45, 7) is 1.48. The molecule has 2 aromatic carbocycles. The molecule has 6 heteroatoms. The van der Waals surface area contributed by atoms with Crippen molar-refractivity contribution in [2.24, 2.45) is 0 Å². The molecule has 0 unspecified atom stereocenters. The van der Waals surface area contributed by atoms with Crippen molar-refractivity contribution in [2.45, 2.75) is 19.7 Å². The average Bonchev–Trinajstić information content (AvgIpc) is 2.45. The number of halogens is 3. The van der Waals surface area contributed by atoms with Gasteiger partial charge in [0.05, 0.1) is 11.1 Å². The molecule has 0 bridgehead atoms. The first-order chi connectivity index (χ1) is 10.3. The Morgan fingerprint density at radius 3 is 2.50 bits per heavy atom. The monoisotopic (exact) mass is 310 g/mol. The quantitative estimate of drug-likeness (QED) is 0.916. The number of benzene rings is 2. The topological polar surface area (TPSA) is 46.5 Å². The summed E-state index contributed by atoms with van der Waals surface area (Å²) >= 11 is 0. The highest BCUT2D eigenvalue weighted by molar-refractivity contribution is 5.89. The van der Waals surface area contributed by atoms with Gasteiger partial charge in [-0.3, -0.25) is 0 Å².